The number of hydrogen-bond acceptors (Lipinski definition) is 3. The van der Waals surface area contributed by atoms with Crippen molar-refractivity contribution in [3.8, 4) is 0 Å². The number of nitrogens with one attached hydrogen (secondary N) is 2. The lowest BCUT2D eigenvalue weighted by Gasteiger charge is -2.12. The van der Waals surface area contributed by atoms with Gasteiger partial charge in [0.05, 0.1) is 15.6 Å². The van der Waals surface area contributed by atoms with E-state index in [-0.39, 0.29) is 21.2 Å². The second-order valence-electron chi connectivity index (χ2n) is 6.03. The first-order valence-corrected chi connectivity index (χ1v) is 10.1. The van der Waals surface area contributed by atoms with Crippen molar-refractivity contribution in [3.63, 3.8) is 0 Å². The van der Waals surface area contributed by atoms with E-state index in [1.54, 1.807) is 12.1 Å². The Kier molecular flexibility index (Phi) is 5.67. The third kappa shape index (κ3) is 4.49. The minimum absolute atomic E-state index is 0.0170. The molecule has 144 valence electrons. The van der Waals surface area contributed by atoms with Gasteiger partial charge in [-0.1, -0.05) is 35.9 Å². The molecule has 1 amide bonds. The highest BCUT2D eigenvalue weighted by atomic mass is 35.5. The number of rotatable bonds is 5. The minimum Gasteiger partial charge on any atom is -0.322 e. The highest BCUT2D eigenvalue weighted by Gasteiger charge is 2.18. The fourth-order valence-corrected chi connectivity index (χ4v) is 3.81. The van der Waals surface area contributed by atoms with Gasteiger partial charge in [0.1, 0.15) is 5.82 Å². The van der Waals surface area contributed by atoms with Crippen molar-refractivity contribution in [2.75, 3.05) is 10.0 Å². The number of amides is 1. The Labute approximate surface area is 167 Å². The molecule has 28 heavy (non-hydrogen) atoms. The summed E-state index contributed by atoms with van der Waals surface area (Å²) in [6.07, 6.45) is 0. The molecule has 0 unspecified atom stereocenters. The fraction of sp³-hybridized carbons (Fsp3) is 0.0500. The van der Waals surface area contributed by atoms with Crippen molar-refractivity contribution in [2.24, 2.45) is 0 Å². The highest BCUT2D eigenvalue weighted by Crippen LogP contribution is 2.27. The van der Waals surface area contributed by atoms with Crippen LogP contribution in [0.3, 0.4) is 0 Å². The van der Waals surface area contributed by atoms with Crippen LogP contribution in [0.15, 0.2) is 71.6 Å². The van der Waals surface area contributed by atoms with Crippen molar-refractivity contribution in [1.82, 2.24) is 0 Å². The summed E-state index contributed by atoms with van der Waals surface area (Å²) in [5.41, 5.74) is 1.76. The molecule has 0 saturated carbocycles. The molecule has 0 aliphatic carbocycles. The molecular weight excluding hydrogens is 403 g/mol. The monoisotopic (exact) mass is 418 g/mol. The largest absolute Gasteiger partial charge is 0.322 e. The van der Waals surface area contributed by atoms with E-state index in [4.69, 9.17) is 11.6 Å². The van der Waals surface area contributed by atoms with Crippen LogP contribution in [-0.2, 0) is 10.0 Å². The lowest BCUT2D eigenvalue weighted by atomic mass is 10.1. The summed E-state index contributed by atoms with van der Waals surface area (Å²) < 4.78 is 40.6. The zero-order valence-corrected chi connectivity index (χ0v) is 16.3. The molecule has 0 spiro atoms. The van der Waals surface area contributed by atoms with Gasteiger partial charge in [-0.05, 0) is 55.0 Å². The van der Waals surface area contributed by atoms with Crippen LogP contribution in [0.1, 0.15) is 15.9 Å². The number of aryl methyl sites for hydroxylation is 1. The summed E-state index contributed by atoms with van der Waals surface area (Å²) >= 11 is 6.08. The Hall–Kier alpha value is -2.90. The van der Waals surface area contributed by atoms with Gasteiger partial charge in [-0.15, -0.1) is 0 Å². The van der Waals surface area contributed by atoms with E-state index in [9.17, 15) is 17.6 Å². The van der Waals surface area contributed by atoms with Gasteiger partial charge in [0, 0.05) is 11.3 Å². The summed E-state index contributed by atoms with van der Waals surface area (Å²) in [5.74, 6) is -1.10. The SMILES string of the molecule is Cc1ccccc1NC(=O)c1ccc(Cl)c(NS(=O)(=O)c2cccc(F)c2)c1. The predicted molar refractivity (Wildman–Crippen MR) is 108 cm³/mol. The zero-order valence-electron chi connectivity index (χ0n) is 14.7. The Balaban J connectivity index is 1.87. The molecule has 0 aromatic heterocycles. The van der Waals surface area contributed by atoms with E-state index in [0.717, 1.165) is 17.7 Å². The molecule has 3 rings (SSSR count). The molecular formula is C20H16ClFN2O3S. The molecule has 0 fully saturated rings. The molecule has 3 aromatic rings. The average molecular weight is 419 g/mol. The number of halogens is 2. The van der Waals surface area contributed by atoms with Gasteiger partial charge in [-0.25, -0.2) is 12.8 Å². The summed E-state index contributed by atoms with van der Waals surface area (Å²) in [6.45, 7) is 1.86. The first-order valence-electron chi connectivity index (χ1n) is 8.21. The lowest BCUT2D eigenvalue weighted by Crippen LogP contribution is -2.16. The number of carbonyl (C=O) groups excluding carboxylic acids is 1. The van der Waals surface area contributed by atoms with Crippen LogP contribution in [0.5, 0.6) is 0 Å². The summed E-state index contributed by atoms with van der Waals surface area (Å²) in [6, 6.07) is 16.1. The van der Waals surface area contributed by atoms with E-state index in [1.807, 2.05) is 19.1 Å². The van der Waals surface area contributed by atoms with E-state index >= 15 is 0 Å². The van der Waals surface area contributed by atoms with Gasteiger partial charge < -0.3 is 5.32 Å². The predicted octanol–water partition coefficient (Wildman–Crippen LogP) is 4.84. The molecule has 8 heteroatoms. The number of hydrogen-bond donors (Lipinski definition) is 2. The average Bonchev–Trinajstić information content (AvgIpc) is 2.65. The van der Waals surface area contributed by atoms with Gasteiger partial charge in [0.25, 0.3) is 15.9 Å². The van der Waals surface area contributed by atoms with E-state index < -0.39 is 21.7 Å². The van der Waals surface area contributed by atoms with Crippen molar-refractivity contribution < 1.29 is 17.6 Å². The van der Waals surface area contributed by atoms with Crippen LogP contribution in [-0.4, -0.2) is 14.3 Å². The van der Waals surface area contributed by atoms with Crippen molar-refractivity contribution >= 4 is 38.9 Å². The number of para-hydroxylation sites is 1. The maximum Gasteiger partial charge on any atom is 0.262 e. The van der Waals surface area contributed by atoms with Gasteiger partial charge in [-0.2, -0.15) is 0 Å². The first-order chi connectivity index (χ1) is 13.3. The van der Waals surface area contributed by atoms with Gasteiger partial charge in [0.15, 0.2) is 0 Å². The molecule has 0 aliphatic rings. The van der Waals surface area contributed by atoms with E-state index in [0.29, 0.717) is 5.69 Å². The molecule has 0 radical (unpaired) electrons. The number of sulfonamides is 1. The van der Waals surface area contributed by atoms with Crippen LogP contribution in [0.4, 0.5) is 15.8 Å². The van der Waals surface area contributed by atoms with Gasteiger partial charge in [-0.3, -0.25) is 9.52 Å². The van der Waals surface area contributed by atoms with E-state index in [2.05, 4.69) is 10.0 Å². The third-order valence-electron chi connectivity index (χ3n) is 3.97. The summed E-state index contributed by atoms with van der Waals surface area (Å²) in [7, 11) is -4.07. The second kappa shape index (κ2) is 8.00. The molecule has 0 heterocycles. The fourth-order valence-electron chi connectivity index (χ4n) is 2.49. The highest BCUT2D eigenvalue weighted by molar-refractivity contribution is 7.92. The van der Waals surface area contributed by atoms with Crippen LogP contribution in [0, 0.1) is 12.7 Å². The number of benzene rings is 3. The van der Waals surface area contributed by atoms with Crippen molar-refractivity contribution in [2.45, 2.75) is 11.8 Å². The molecule has 0 atom stereocenters. The zero-order chi connectivity index (χ0) is 20.3. The van der Waals surface area contributed by atoms with Crippen LogP contribution in [0.2, 0.25) is 5.02 Å². The molecule has 0 saturated heterocycles. The Morgan fingerprint density at radius 3 is 2.43 bits per heavy atom. The van der Waals surface area contributed by atoms with Gasteiger partial charge in [0.2, 0.25) is 0 Å². The second-order valence-corrected chi connectivity index (χ2v) is 8.12. The van der Waals surface area contributed by atoms with Gasteiger partial charge >= 0.3 is 0 Å². The molecule has 3 aromatic carbocycles. The van der Waals surface area contributed by atoms with Crippen molar-refractivity contribution in [1.29, 1.82) is 0 Å². The number of carbonyl (C=O) groups is 1. The van der Waals surface area contributed by atoms with Crippen LogP contribution in [0.25, 0.3) is 0 Å². The van der Waals surface area contributed by atoms with Crippen LogP contribution >= 0.6 is 11.6 Å². The summed E-state index contributed by atoms with van der Waals surface area (Å²) in [5, 5.41) is 2.87. The Morgan fingerprint density at radius 2 is 1.71 bits per heavy atom. The molecule has 0 bridgehead atoms. The Bertz CT molecular complexity index is 1150. The number of anilines is 2. The maximum atomic E-state index is 13.4. The molecule has 2 N–H and O–H groups in total. The van der Waals surface area contributed by atoms with Crippen LogP contribution < -0.4 is 10.0 Å². The third-order valence-corrected chi connectivity index (χ3v) is 5.67. The quantitative estimate of drug-likeness (QED) is 0.622. The Morgan fingerprint density at radius 1 is 0.964 bits per heavy atom. The molecule has 5 nitrogen and oxygen atoms in total. The standard InChI is InChI=1S/C20H16ClFN2O3S/c1-13-5-2-3-8-18(13)23-20(25)14-9-10-17(21)19(11-14)24-28(26,27)16-7-4-6-15(22)12-16/h2-12,24H,1H3,(H,23,25). The first kappa shape index (κ1) is 19.9. The summed E-state index contributed by atoms with van der Waals surface area (Å²) in [4.78, 5) is 12.3. The lowest BCUT2D eigenvalue weighted by molar-refractivity contribution is 0.102. The topological polar surface area (TPSA) is 75.3 Å². The van der Waals surface area contributed by atoms with Crippen molar-refractivity contribution in [3.05, 3.63) is 88.7 Å². The maximum absolute atomic E-state index is 13.4. The minimum atomic E-state index is -4.07. The van der Waals surface area contributed by atoms with E-state index in [1.165, 1.54) is 30.3 Å². The molecule has 0 aliphatic heterocycles. The normalized spacial score (nSPS) is 11.1. The smallest absolute Gasteiger partial charge is 0.262 e.